The summed E-state index contributed by atoms with van der Waals surface area (Å²) in [6, 6.07) is 10.5. The van der Waals surface area contributed by atoms with Crippen LogP contribution in [0.2, 0.25) is 0 Å². The van der Waals surface area contributed by atoms with E-state index in [4.69, 9.17) is 0 Å². The summed E-state index contributed by atoms with van der Waals surface area (Å²) in [4.78, 5) is 18.2. The predicted molar refractivity (Wildman–Crippen MR) is 100 cm³/mol. The van der Waals surface area contributed by atoms with Crippen molar-refractivity contribution in [3.8, 4) is 11.1 Å². The highest BCUT2D eigenvalue weighted by molar-refractivity contribution is 14.1. The molecule has 1 aromatic carbocycles. The van der Waals surface area contributed by atoms with Gasteiger partial charge in [0.25, 0.3) is 0 Å². The van der Waals surface area contributed by atoms with Crippen molar-refractivity contribution in [1.82, 2.24) is 14.3 Å². The molecule has 0 saturated carbocycles. The molecule has 0 unspecified atom stereocenters. The minimum absolute atomic E-state index is 0.0733. The molecule has 23 heavy (non-hydrogen) atoms. The van der Waals surface area contributed by atoms with Gasteiger partial charge in [0.05, 0.1) is 12.1 Å². The fourth-order valence-electron chi connectivity index (χ4n) is 2.56. The Balaban J connectivity index is 2.12. The van der Waals surface area contributed by atoms with Gasteiger partial charge in [0.15, 0.2) is 0 Å². The van der Waals surface area contributed by atoms with Crippen LogP contribution in [0.3, 0.4) is 0 Å². The molecule has 0 spiro atoms. The fraction of sp³-hybridized carbons (Fsp3) is 0.222. The number of aryl methyl sites for hydroxylation is 1. The number of nitrogens with zero attached hydrogens (tertiary/aromatic N) is 3. The number of fused-ring (bicyclic) bond motifs is 1. The van der Waals surface area contributed by atoms with Crippen LogP contribution in [-0.2, 0) is 11.2 Å². The summed E-state index contributed by atoms with van der Waals surface area (Å²) in [6.45, 7) is 2.06. The van der Waals surface area contributed by atoms with Crippen molar-refractivity contribution in [2.75, 3.05) is 14.1 Å². The van der Waals surface area contributed by atoms with Gasteiger partial charge in [0, 0.05) is 35.6 Å². The monoisotopic (exact) mass is 419 g/mol. The Labute approximate surface area is 149 Å². The zero-order valence-corrected chi connectivity index (χ0v) is 15.5. The molecule has 0 saturated heterocycles. The number of pyridine rings is 1. The molecule has 118 valence electrons. The molecule has 0 atom stereocenters. The lowest BCUT2D eigenvalue weighted by Crippen LogP contribution is -2.24. The minimum atomic E-state index is 0.0733. The van der Waals surface area contributed by atoms with Gasteiger partial charge in [-0.15, -0.1) is 0 Å². The first-order chi connectivity index (χ1) is 11.0. The zero-order valence-electron chi connectivity index (χ0n) is 13.4. The Kier molecular flexibility index (Phi) is 4.39. The van der Waals surface area contributed by atoms with Gasteiger partial charge in [0.1, 0.15) is 5.65 Å². The maximum atomic E-state index is 12.0. The van der Waals surface area contributed by atoms with Crippen molar-refractivity contribution < 1.29 is 4.79 Å². The Bertz CT molecular complexity index is 866. The number of carbonyl (C=O) groups excluding carboxylic acids is 1. The summed E-state index contributed by atoms with van der Waals surface area (Å²) >= 11 is 2.30. The van der Waals surface area contributed by atoms with Crippen LogP contribution in [0.4, 0.5) is 0 Å². The second kappa shape index (κ2) is 6.31. The molecule has 0 aliphatic heterocycles. The van der Waals surface area contributed by atoms with Crippen LogP contribution >= 0.6 is 22.6 Å². The van der Waals surface area contributed by atoms with Crippen molar-refractivity contribution >= 4 is 34.1 Å². The third-order valence-electron chi connectivity index (χ3n) is 3.81. The van der Waals surface area contributed by atoms with Crippen LogP contribution in [0.15, 0.2) is 42.7 Å². The van der Waals surface area contributed by atoms with Crippen molar-refractivity contribution in [2.24, 2.45) is 0 Å². The Hall–Kier alpha value is -1.89. The van der Waals surface area contributed by atoms with Crippen molar-refractivity contribution in [1.29, 1.82) is 0 Å². The lowest BCUT2D eigenvalue weighted by Gasteiger charge is -2.11. The lowest BCUT2D eigenvalue weighted by molar-refractivity contribution is -0.128. The molecule has 0 bridgehead atoms. The van der Waals surface area contributed by atoms with Gasteiger partial charge in [-0.1, -0.05) is 12.1 Å². The average molecular weight is 419 g/mol. The number of imidazole rings is 1. The smallest absolute Gasteiger partial charge is 0.228 e. The van der Waals surface area contributed by atoms with Crippen molar-refractivity contribution in [3.63, 3.8) is 0 Å². The lowest BCUT2D eigenvalue weighted by atomic mass is 10.1. The van der Waals surface area contributed by atoms with Crippen molar-refractivity contribution in [3.05, 3.63) is 57.6 Å². The van der Waals surface area contributed by atoms with E-state index in [9.17, 15) is 4.79 Å². The standard InChI is InChI=1S/C18H18IN3O/c1-12-8-16(13-4-6-14(19)7-5-13)18-20-10-15(22(18)11-12)9-17(23)21(2)3/h4-8,10-11H,9H2,1-3H3. The quantitative estimate of drug-likeness (QED) is 0.610. The number of hydrogen-bond donors (Lipinski definition) is 0. The molecule has 3 aromatic rings. The highest BCUT2D eigenvalue weighted by atomic mass is 127. The molecule has 5 heteroatoms. The molecule has 0 aliphatic carbocycles. The van der Waals surface area contributed by atoms with E-state index in [-0.39, 0.29) is 5.91 Å². The molecular formula is C18H18IN3O. The first kappa shape index (κ1) is 16.0. The van der Waals surface area contributed by atoms with Crippen LogP contribution in [0.5, 0.6) is 0 Å². The molecule has 1 amide bonds. The van der Waals surface area contributed by atoms with Crippen LogP contribution in [0, 0.1) is 10.5 Å². The number of benzene rings is 1. The van der Waals surface area contributed by atoms with Crippen LogP contribution in [-0.4, -0.2) is 34.3 Å². The summed E-state index contributed by atoms with van der Waals surface area (Å²) in [5, 5.41) is 0. The van der Waals surface area contributed by atoms with Gasteiger partial charge in [0.2, 0.25) is 5.91 Å². The molecule has 0 radical (unpaired) electrons. The summed E-state index contributed by atoms with van der Waals surface area (Å²) in [6.07, 6.45) is 4.19. The van der Waals surface area contributed by atoms with Crippen molar-refractivity contribution in [2.45, 2.75) is 13.3 Å². The van der Waals surface area contributed by atoms with Gasteiger partial charge < -0.3 is 9.30 Å². The number of likely N-dealkylation sites (N-methyl/N-ethyl adjacent to an activating group) is 1. The Morgan fingerprint density at radius 2 is 1.96 bits per heavy atom. The van der Waals surface area contributed by atoms with Crippen LogP contribution in [0.1, 0.15) is 11.3 Å². The van der Waals surface area contributed by atoms with Gasteiger partial charge in [-0.3, -0.25) is 4.79 Å². The summed E-state index contributed by atoms with van der Waals surface area (Å²) in [7, 11) is 3.54. The summed E-state index contributed by atoms with van der Waals surface area (Å²) in [5.74, 6) is 0.0733. The van der Waals surface area contributed by atoms with Gasteiger partial charge in [-0.2, -0.15) is 0 Å². The molecule has 2 heterocycles. The molecule has 2 aromatic heterocycles. The maximum Gasteiger partial charge on any atom is 0.228 e. The SMILES string of the molecule is Cc1cc(-c2ccc(I)cc2)c2ncc(CC(=O)N(C)C)n2c1. The van der Waals surface area contributed by atoms with E-state index in [0.717, 1.165) is 28.0 Å². The Morgan fingerprint density at radius 3 is 2.61 bits per heavy atom. The molecule has 0 N–H and O–H groups in total. The second-order valence-corrected chi connectivity index (χ2v) is 7.09. The number of amides is 1. The highest BCUT2D eigenvalue weighted by Gasteiger charge is 2.14. The highest BCUT2D eigenvalue weighted by Crippen LogP contribution is 2.27. The predicted octanol–water partition coefficient (Wildman–Crippen LogP) is 3.55. The average Bonchev–Trinajstić information content (AvgIpc) is 2.90. The fourth-order valence-corrected chi connectivity index (χ4v) is 2.92. The minimum Gasteiger partial charge on any atom is -0.348 e. The maximum absolute atomic E-state index is 12.0. The second-order valence-electron chi connectivity index (χ2n) is 5.85. The largest absolute Gasteiger partial charge is 0.348 e. The third-order valence-corrected chi connectivity index (χ3v) is 4.52. The summed E-state index contributed by atoms with van der Waals surface area (Å²) < 4.78 is 3.24. The van der Waals surface area contributed by atoms with Gasteiger partial charge in [-0.05, 0) is 58.8 Å². The van der Waals surface area contributed by atoms with Gasteiger partial charge in [-0.25, -0.2) is 4.98 Å². The topological polar surface area (TPSA) is 37.6 Å². The number of aromatic nitrogens is 2. The normalized spacial score (nSPS) is 11.0. The van der Waals surface area contributed by atoms with E-state index in [1.54, 1.807) is 25.2 Å². The van der Waals surface area contributed by atoms with Crippen LogP contribution < -0.4 is 0 Å². The number of carbonyl (C=O) groups is 1. The first-order valence-corrected chi connectivity index (χ1v) is 8.46. The zero-order chi connectivity index (χ0) is 16.6. The van der Waals surface area contributed by atoms with E-state index in [2.05, 4.69) is 64.8 Å². The number of halogens is 1. The van der Waals surface area contributed by atoms with E-state index in [1.807, 2.05) is 10.6 Å². The van der Waals surface area contributed by atoms with E-state index in [1.165, 1.54) is 3.57 Å². The molecule has 0 aliphatic rings. The van der Waals surface area contributed by atoms with E-state index >= 15 is 0 Å². The molecule has 3 rings (SSSR count). The number of rotatable bonds is 3. The molecule has 0 fully saturated rings. The molecule has 4 nitrogen and oxygen atoms in total. The van der Waals surface area contributed by atoms with E-state index in [0.29, 0.717) is 6.42 Å². The number of hydrogen-bond acceptors (Lipinski definition) is 2. The first-order valence-electron chi connectivity index (χ1n) is 7.38. The Morgan fingerprint density at radius 1 is 1.26 bits per heavy atom. The third kappa shape index (κ3) is 3.24. The summed E-state index contributed by atoms with van der Waals surface area (Å²) in [5.41, 5.74) is 5.16. The molecular weight excluding hydrogens is 401 g/mol. The van der Waals surface area contributed by atoms with Gasteiger partial charge >= 0.3 is 0 Å². The van der Waals surface area contributed by atoms with E-state index < -0.39 is 0 Å². The van der Waals surface area contributed by atoms with Crippen LogP contribution in [0.25, 0.3) is 16.8 Å².